The Morgan fingerprint density at radius 3 is 2.79 bits per heavy atom. The second-order valence-corrected chi connectivity index (χ2v) is 5.17. The molecule has 0 fully saturated rings. The summed E-state index contributed by atoms with van der Waals surface area (Å²) < 4.78 is 0. The van der Waals surface area contributed by atoms with E-state index < -0.39 is 4.92 Å². The fourth-order valence-electron chi connectivity index (χ4n) is 1.66. The lowest BCUT2D eigenvalue weighted by Crippen LogP contribution is -2.09. The van der Waals surface area contributed by atoms with Crippen molar-refractivity contribution >= 4 is 22.8 Å². The molecule has 6 nitrogen and oxygen atoms in total. The highest BCUT2D eigenvalue weighted by Gasteiger charge is 2.14. The fourth-order valence-corrected chi connectivity index (χ4v) is 2.31. The number of thiazole rings is 1. The first kappa shape index (κ1) is 13.4. The van der Waals surface area contributed by atoms with Crippen LogP contribution in [-0.4, -0.2) is 21.4 Å². The van der Waals surface area contributed by atoms with Crippen molar-refractivity contribution in [1.29, 1.82) is 0 Å². The summed E-state index contributed by atoms with van der Waals surface area (Å²) in [5.41, 5.74) is 1.74. The van der Waals surface area contributed by atoms with Crippen molar-refractivity contribution < 1.29 is 4.92 Å². The first-order chi connectivity index (χ1) is 9.06. The van der Waals surface area contributed by atoms with Crippen LogP contribution < -0.4 is 5.32 Å². The minimum Gasteiger partial charge on any atom is -0.364 e. The molecule has 0 atom stereocenters. The zero-order chi connectivity index (χ0) is 13.8. The van der Waals surface area contributed by atoms with Crippen LogP contribution in [-0.2, 0) is 6.42 Å². The Hall–Kier alpha value is -2.02. The first-order valence-corrected chi connectivity index (χ1v) is 6.71. The summed E-state index contributed by atoms with van der Waals surface area (Å²) in [7, 11) is 0. The van der Waals surface area contributed by atoms with Crippen LogP contribution in [0.25, 0.3) is 0 Å². The molecule has 0 saturated heterocycles. The largest absolute Gasteiger partial charge is 0.364 e. The molecule has 0 radical (unpaired) electrons. The van der Waals surface area contributed by atoms with Crippen LogP contribution >= 0.6 is 11.3 Å². The van der Waals surface area contributed by atoms with Gasteiger partial charge in [-0.2, -0.15) is 0 Å². The summed E-state index contributed by atoms with van der Waals surface area (Å²) in [5.74, 6) is 0.317. The van der Waals surface area contributed by atoms with Crippen molar-refractivity contribution in [2.45, 2.75) is 20.3 Å². The second-order valence-electron chi connectivity index (χ2n) is 4.11. The molecule has 0 amide bonds. The van der Waals surface area contributed by atoms with E-state index in [-0.39, 0.29) is 5.69 Å². The lowest BCUT2D eigenvalue weighted by Gasteiger charge is -2.05. The molecule has 0 aliphatic heterocycles. The van der Waals surface area contributed by atoms with Crippen molar-refractivity contribution in [3.63, 3.8) is 0 Å². The molecule has 0 aliphatic carbocycles. The SMILES string of the molecule is Cc1ccc([N+](=O)[O-])c(NCCc2csc(C)n2)n1. The number of pyridine rings is 1. The second kappa shape index (κ2) is 5.75. The van der Waals surface area contributed by atoms with Crippen molar-refractivity contribution in [2.24, 2.45) is 0 Å². The van der Waals surface area contributed by atoms with Gasteiger partial charge in [0.05, 0.1) is 15.6 Å². The predicted octanol–water partition coefficient (Wildman–Crippen LogP) is 2.72. The van der Waals surface area contributed by atoms with Crippen molar-refractivity contribution in [1.82, 2.24) is 9.97 Å². The summed E-state index contributed by atoms with van der Waals surface area (Å²) in [6, 6.07) is 3.10. The number of nitrogens with zero attached hydrogens (tertiary/aromatic N) is 3. The van der Waals surface area contributed by atoms with Gasteiger partial charge in [0.1, 0.15) is 0 Å². The minimum absolute atomic E-state index is 0.0000540. The Labute approximate surface area is 114 Å². The molecule has 0 bridgehead atoms. The summed E-state index contributed by atoms with van der Waals surface area (Å²) in [4.78, 5) is 19.0. The van der Waals surface area contributed by atoms with E-state index in [4.69, 9.17) is 0 Å². The third kappa shape index (κ3) is 3.47. The molecule has 0 aliphatic rings. The number of aromatic nitrogens is 2. The van der Waals surface area contributed by atoms with Crippen LogP contribution in [0.3, 0.4) is 0 Å². The Morgan fingerprint density at radius 2 is 2.16 bits per heavy atom. The van der Waals surface area contributed by atoms with Gasteiger partial charge in [0.15, 0.2) is 0 Å². The molecule has 1 N–H and O–H groups in total. The number of hydrogen-bond acceptors (Lipinski definition) is 6. The molecular formula is C12H14N4O2S. The third-order valence-corrected chi connectivity index (χ3v) is 3.37. The Morgan fingerprint density at radius 1 is 1.37 bits per heavy atom. The fraction of sp³-hybridized carbons (Fsp3) is 0.333. The summed E-state index contributed by atoms with van der Waals surface area (Å²) in [6.45, 7) is 4.33. The monoisotopic (exact) mass is 278 g/mol. The van der Waals surface area contributed by atoms with Crippen molar-refractivity contribution in [3.05, 3.63) is 44.0 Å². The van der Waals surface area contributed by atoms with E-state index in [1.54, 1.807) is 24.3 Å². The van der Waals surface area contributed by atoms with E-state index >= 15 is 0 Å². The van der Waals surface area contributed by atoms with Crippen LogP contribution in [0, 0.1) is 24.0 Å². The van der Waals surface area contributed by atoms with E-state index in [1.165, 1.54) is 6.07 Å². The zero-order valence-corrected chi connectivity index (χ0v) is 11.5. The van der Waals surface area contributed by atoms with Crippen molar-refractivity contribution in [3.8, 4) is 0 Å². The molecule has 2 aromatic heterocycles. The lowest BCUT2D eigenvalue weighted by atomic mass is 10.3. The van der Waals surface area contributed by atoms with Crippen LogP contribution in [0.15, 0.2) is 17.5 Å². The van der Waals surface area contributed by atoms with E-state index in [9.17, 15) is 10.1 Å². The van der Waals surface area contributed by atoms with Gasteiger partial charge in [0, 0.05) is 30.1 Å². The van der Waals surface area contributed by atoms with Gasteiger partial charge in [0.2, 0.25) is 5.82 Å². The first-order valence-electron chi connectivity index (χ1n) is 5.83. The summed E-state index contributed by atoms with van der Waals surface area (Å²) in [6.07, 6.45) is 0.719. The number of rotatable bonds is 5. The highest BCUT2D eigenvalue weighted by Crippen LogP contribution is 2.21. The normalized spacial score (nSPS) is 10.4. The van der Waals surface area contributed by atoms with E-state index in [2.05, 4.69) is 15.3 Å². The van der Waals surface area contributed by atoms with Gasteiger partial charge in [0.25, 0.3) is 0 Å². The van der Waals surface area contributed by atoms with Crippen LogP contribution in [0.4, 0.5) is 11.5 Å². The van der Waals surface area contributed by atoms with Gasteiger partial charge < -0.3 is 5.32 Å². The molecule has 19 heavy (non-hydrogen) atoms. The van der Waals surface area contributed by atoms with Gasteiger partial charge in [-0.25, -0.2) is 9.97 Å². The molecule has 2 heterocycles. The van der Waals surface area contributed by atoms with Gasteiger partial charge in [-0.05, 0) is 19.9 Å². The average molecular weight is 278 g/mol. The molecule has 100 valence electrons. The molecule has 0 unspecified atom stereocenters. The lowest BCUT2D eigenvalue weighted by molar-refractivity contribution is -0.384. The van der Waals surface area contributed by atoms with Gasteiger partial charge in [-0.15, -0.1) is 11.3 Å². The molecule has 0 aromatic carbocycles. The zero-order valence-electron chi connectivity index (χ0n) is 10.7. The van der Waals surface area contributed by atoms with Crippen LogP contribution in [0.1, 0.15) is 16.4 Å². The molecule has 2 rings (SSSR count). The average Bonchev–Trinajstić information content (AvgIpc) is 2.75. The Balaban J connectivity index is 2.02. The smallest absolute Gasteiger partial charge is 0.311 e. The number of nitro groups is 1. The summed E-state index contributed by atoms with van der Waals surface area (Å²) >= 11 is 1.60. The number of nitrogens with one attached hydrogen (secondary N) is 1. The number of hydrogen-bond donors (Lipinski definition) is 1. The van der Waals surface area contributed by atoms with Gasteiger partial charge in [-0.3, -0.25) is 10.1 Å². The Kier molecular flexibility index (Phi) is 4.06. The maximum absolute atomic E-state index is 10.9. The number of aryl methyl sites for hydroxylation is 2. The quantitative estimate of drug-likeness (QED) is 0.671. The third-order valence-electron chi connectivity index (χ3n) is 2.55. The molecule has 2 aromatic rings. The topological polar surface area (TPSA) is 81.0 Å². The van der Waals surface area contributed by atoms with Crippen LogP contribution in [0.5, 0.6) is 0 Å². The maximum atomic E-state index is 10.9. The summed E-state index contributed by atoms with van der Waals surface area (Å²) in [5, 5.41) is 16.9. The van der Waals surface area contributed by atoms with Crippen molar-refractivity contribution in [2.75, 3.05) is 11.9 Å². The highest BCUT2D eigenvalue weighted by atomic mass is 32.1. The Bertz CT molecular complexity index is 597. The van der Waals surface area contributed by atoms with Crippen LogP contribution in [0.2, 0.25) is 0 Å². The minimum atomic E-state index is -0.429. The van der Waals surface area contributed by atoms with Gasteiger partial charge >= 0.3 is 5.69 Å². The van der Waals surface area contributed by atoms with E-state index in [1.807, 2.05) is 12.3 Å². The molecule has 0 spiro atoms. The number of anilines is 1. The van der Waals surface area contributed by atoms with Gasteiger partial charge in [-0.1, -0.05) is 0 Å². The molecule has 7 heteroatoms. The van der Waals surface area contributed by atoms with E-state index in [0.717, 1.165) is 22.8 Å². The predicted molar refractivity (Wildman–Crippen MR) is 74.7 cm³/mol. The standard InChI is InChI=1S/C12H14N4O2S/c1-8-3-4-11(16(17)18)12(14-8)13-6-5-10-7-19-9(2)15-10/h3-4,7H,5-6H2,1-2H3,(H,13,14). The highest BCUT2D eigenvalue weighted by molar-refractivity contribution is 7.09. The van der Waals surface area contributed by atoms with E-state index in [0.29, 0.717) is 12.4 Å². The molecule has 0 saturated carbocycles. The molecular weight excluding hydrogens is 264 g/mol. The maximum Gasteiger partial charge on any atom is 0.311 e.